The SMILES string of the molecule is C1CC1.C=C(/C=C(C)\C(=C/C)c1cnc2cc(NC=O)ncc2c1)C(O)(O)CCC.CC.CCCC. The van der Waals surface area contributed by atoms with Gasteiger partial charge in [0.05, 0.1) is 5.52 Å². The van der Waals surface area contributed by atoms with Crippen LogP contribution >= 0.6 is 0 Å². The molecule has 3 rings (SSSR count). The second-order valence-electron chi connectivity index (χ2n) is 8.43. The monoisotopic (exact) mass is 497 g/mol. The summed E-state index contributed by atoms with van der Waals surface area (Å²) < 4.78 is 0. The average Bonchev–Trinajstić information content (AvgIpc) is 3.76. The number of nitrogens with zero attached hydrogens (tertiary/aromatic N) is 2. The topological polar surface area (TPSA) is 95.3 Å². The van der Waals surface area contributed by atoms with Crippen molar-refractivity contribution in [1.29, 1.82) is 0 Å². The summed E-state index contributed by atoms with van der Waals surface area (Å²) in [6, 6.07) is 3.65. The van der Waals surface area contributed by atoms with Gasteiger partial charge in [0.25, 0.3) is 0 Å². The van der Waals surface area contributed by atoms with E-state index in [-0.39, 0.29) is 12.0 Å². The van der Waals surface area contributed by atoms with E-state index in [2.05, 4.69) is 35.7 Å². The van der Waals surface area contributed by atoms with Crippen LogP contribution in [-0.4, -0.2) is 32.4 Å². The number of aromatic nitrogens is 2. The molecule has 2 aromatic rings. The Balaban J connectivity index is 0.00000116. The van der Waals surface area contributed by atoms with Crippen LogP contribution in [0.5, 0.6) is 0 Å². The van der Waals surface area contributed by atoms with E-state index in [1.165, 1.54) is 32.1 Å². The number of hydrogen-bond donors (Lipinski definition) is 3. The second-order valence-corrected chi connectivity index (χ2v) is 8.43. The average molecular weight is 498 g/mol. The van der Waals surface area contributed by atoms with Crippen LogP contribution in [0.4, 0.5) is 5.82 Å². The molecule has 6 nitrogen and oxygen atoms in total. The van der Waals surface area contributed by atoms with Gasteiger partial charge in [-0.05, 0) is 31.1 Å². The Bertz CT molecular complexity index is 987. The predicted octanol–water partition coefficient (Wildman–Crippen LogP) is 7.59. The summed E-state index contributed by atoms with van der Waals surface area (Å²) in [4.78, 5) is 19.2. The van der Waals surface area contributed by atoms with Gasteiger partial charge in [-0.25, -0.2) is 4.98 Å². The third-order valence-electron chi connectivity index (χ3n) is 5.15. The second kappa shape index (κ2) is 18.4. The molecule has 3 N–H and O–H groups in total. The van der Waals surface area contributed by atoms with Crippen molar-refractivity contribution in [3.63, 3.8) is 0 Å². The minimum absolute atomic E-state index is 0.223. The summed E-state index contributed by atoms with van der Waals surface area (Å²) in [7, 11) is 0. The number of anilines is 1. The van der Waals surface area contributed by atoms with E-state index in [1.807, 2.05) is 46.8 Å². The summed E-state index contributed by atoms with van der Waals surface area (Å²) in [6.07, 6.45) is 15.6. The van der Waals surface area contributed by atoms with Crippen LogP contribution in [0.25, 0.3) is 16.5 Å². The van der Waals surface area contributed by atoms with E-state index in [0.29, 0.717) is 24.2 Å². The molecule has 200 valence electrons. The van der Waals surface area contributed by atoms with Gasteiger partial charge in [-0.2, -0.15) is 0 Å². The van der Waals surface area contributed by atoms with Crippen LogP contribution in [0, 0.1) is 0 Å². The number of aliphatic hydroxyl groups is 2. The van der Waals surface area contributed by atoms with Crippen molar-refractivity contribution in [1.82, 2.24) is 9.97 Å². The molecule has 1 amide bonds. The number of rotatable bonds is 9. The Kier molecular flexibility index (Phi) is 17.0. The van der Waals surface area contributed by atoms with E-state index in [4.69, 9.17) is 0 Å². The first-order chi connectivity index (χ1) is 17.2. The van der Waals surface area contributed by atoms with E-state index < -0.39 is 5.79 Å². The van der Waals surface area contributed by atoms with Crippen molar-refractivity contribution >= 4 is 28.7 Å². The van der Waals surface area contributed by atoms with E-state index >= 15 is 0 Å². The first-order valence-corrected chi connectivity index (χ1v) is 13.2. The Morgan fingerprint density at radius 2 is 1.67 bits per heavy atom. The fourth-order valence-corrected chi connectivity index (χ4v) is 2.89. The summed E-state index contributed by atoms with van der Waals surface area (Å²) in [5.74, 6) is -1.47. The number of amides is 1. The Hall–Kier alpha value is -2.83. The highest BCUT2D eigenvalue weighted by Crippen LogP contribution is 2.28. The molecule has 0 bridgehead atoms. The number of carbonyl (C=O) groups is 1. The molecule has 6 heteroatoms. The van der Waals surface area contributed by atoms with Crippen LogP contribution in [0.3, 0.4) is 0 Å². The Morgan fingerprint density at radius 3 is 2.14 bits per heavy atom. The highest BCUT2D eigenvalue weighted by molar-refractivity contribution is 5.88. The molecule has 0 radical (unpaired) electrons. The maximum Gasteiger partial charge on any atom is 0.212 e. The Morgan fingerprint density at radius 1 is 1.06 bits per heavy atom. The lowest BCUT2D eigenvalue weighted by molar-refractivity contribution is -0.130. The molecule has 2 aromatic heterocycles. The van der Waals surface area contributed by atoms with Crippen LogP contribution in [0.2, 0.25) is 0 Å². The first kappa shape index (κ1) is 33.2. The molecule has 0 aliphatic heterocycles. The van der Waals surface area contributed by atoms with Gasteiger partial charge in [0.2, 0.25) is 6.41 Å². The van der Waals surface area contributed by atoms with Crippen molar-refractivity contribution < 1.29 is 15.0 Å². The molecule has 1 saturated carbocycles. The lowest BCUT2D eigenvalue weighted by Gasteiger charge is -2.22. The van der Waals surface area contributed by atoms with Crippen molar-refractivity contribution in [2.75, 3.05) is 5.32 Å². The standard InChI is InChI=1S/C21H25N3O3.C4H10.C3H6.C2H6/c1-5-7-21(26,27)15(4)8-14(3)18(6-2)16-9-17-12-23-20(24-13-25)10-19(17)22-11-16;1-3-4-2;1-2-3-1;1-2/h6,8-13,26-27H,4-5,7H2,1-3H3,(H,23,24,25);3-4H2,1-2H3;1-3H2;1-2H3/b14-8-,18-6+;;;. The highest BCUT2D eigenvalue weighted by Gasteiger charge is 2.24. The highest BCUT2D eigenvalue weighted by atomic mass is 16.5. The number of nitrogens with one attached hydrogen (secondary N) is 1. The molecule has 2 heterocycles. The number of hydrogen-bond acceptors (Lipinski definition) is 5. The smallest absolute Gasteiger partial charge is 0.212 e. The molecule has 0 spiro atoms. The number of carbonyl (C=O) groups excluding carboxylic acids is 1. The number of allylic oxidation sites excluding steroid dienone is 3. The van der Waals surface area contributed by atoms with Crippen molar-refractivity contribution in [2.45, 2.75) is 99.2 Å². The van der Waals surface area contributed by atoms with Gasteiger partial charge < -0.3 is 15.5 Å². The zero-order valence-electron chi connectivity index (χ0n) is 23.4. The third kappa shape index (κ3) is 12.2. The minimum Gasteiger partial charge on any atom is -0.362 e. The first-order valence-electron chi connectivity index (χ1n) is 13.2. The summed E-state index contributed by atoms with van der Waals surface area (Å²) in [5, 5.41) is 23.6. The quantitative estimate of drug-likeness (QED) is 0.188. The van der Waals surface area contributed by atoms with Crippen LogP contribution in [-0.2, 0) is 4.79 Å². The molecule has 0 atom stereocenters. The van der Waals surface area contributed by atoms with Gasteiger partial charge in [0, 0.05) is 41.4 Å². The zero-order chi connectivity index (χ0) is 27.6. The van der Waals surface area contributed by atoms with E-state index in [0.717, 1.165) is 22.1 Å². The van der Waals surface area contributed by atoms with Crippen LogP contribution in [0.1, 0.15) is 99.0 Å². The van der Waals surface area contributed by atoms with Crippen molar-refractivity contribution in [3.8, 4) is 0 Å². The molecular formula is C30H47N3O3. The normalized spacial score (nSPS) is 12.7. The molecular weight excluding hydrogens is 450 g/mol. The summed E-state index contributed by atoms with van der Waals surface area (Å²) in [6.45, 7) is 17.9. The predicted molar refractivity (Wildman–Crippen MR) is 154 cm³/mol. The fraction of sp³-hybridized carbons (Fsp3) is 0.500. The lowest BCUT2D eigenvalue weighted by Crippen LogP contribution is -2.29. The molecule has 1 fully saturated rings. The molecule has 0 saturated heterocycles. The third-order valence-corrected chi connectivity index (χ3v) is 5.15. The van der Waals surface area contributed by atoms with Gasteiger partial charge >= 0.3 is 0 Å². The van der Waals surface area contributed by atoms with Gasteiger partial charge in [-0.1, -0.05) is 91.9 Å². The minimum atomic E-state index is -1.91. The molecule has 36 heavy (non-hydrogen) atoms. The van der Waals surface area contributed by atoms with Gasteiger partial charge in [0.1, 0.15) is 5.82 Å². The Labute approximate surface area is 218 Å². The molecule has 1 aliphatic carbocycles. The van der Waals surface area contributed by atoms with Gasteiger partial charge in [-0.15, -0.1) is 0 Å². The summed E-state index contributed by atoms with van der Waals surface area (Å²) >= 11 is 0. The number of unbranched alkanes of at least 4 members (excludes halogenated alkanes) is 1. The van der Waals surface area contributed by atoms with Gasteiger partial charge in [-0.3, -0.25) is 9.78 Å². The maximum atomic E-state index is 10.5. The zero-order valence-corrected chi connectivity index (χ0v) is 23.4. The molecule has 1 aliphatic rings. The number of fused-ring (bicyclic) bond motifs is 1. The largest absolute Gasteiger partial charge is 0.362 e. The van der Waals surface area contributed by atoms with E-state index in [9.17, 15) is 15.0 Å². The maximum absolute atomic E-state index is 10.5. The summed E-state index contributed by atoms with van der Waals surface area (Å²) in [5.41, 5.74) is 3.60. The van der Waals surface area contributed by atoms with Crippen molar-refractivity contribution in [3.05, 3.63) is 60.0 Å². The molecule has 0 unspecified atom stereocenters. The molecule has 0 aromatic carbocycles. The van der Waals surface area contributed by atoms with Crippen LogP contribution in [0.15, 0.2) is 54.4 Å². The fourth-order valence-electron chi connectivity index (χ4n) is 2.89. The van der Waals surface area contributed by atoms with Crippen LogP contribution < -0.4 is 5.32 Å². The van der Waals surface area contributed by atoms with Crippen molar-refractivity contribution in [2.24, 2.45) is 0 Å². The number of pyridine rings is 2. The van der Waals surface area contributed by atoms with Gasteiger partial charge in [0.15, 0.2) is 5.79 Å². The lowest BCUT2D eigenvalue weighted by atomic mass is 9.94. The van der Waals surface area contributed by atoms with E-state index in [1.54, 1.807) is 24.5 Å².